The highest BCUT2D eigenvalue weighted by molar-refractivity contribution is 6.31. The van der Waals surface area contributed by atoms with Crippen molar-refractivity contribution in [3.05, 3.63) is 53.1 Å². The van der Waals surface area contributed by atoms with Gasteiger partial charge in [-0.05, 0) is 56.3 Å². The van der Waals surface area contributed by atoms with Gasteiger partial charge in [-0.15, -0.1) is 0 Å². The molecular weight excluding hydrogens is 386 g/mol. The fourth-order valence-electron chi connectivity index (χ4n) is 2.23. The number of ketones is 1. The van der Waals surface area contributed by atoms with Crippen molar-refractivity contribution in [1.29, 1.82) is 0 Å². The lowest BCUT2D eigenvalue weighted by atomic mass is 10.1. The van der Waals surface area contributed by atoms with E-state index < -0.39 is 18.0 Å². The Kier molecular flexibility index (Phi) is 7.40. The number of carbonyl (C=O) groups excluding carboxylic acids is 3. The van der Waals surface area contributed by atoms with Gasteiger partial charge in [0.05, 0.1) is 12.8 Å². The van der Waals surface area contributed by atoms with Gasteiger partial charge in [-0.25, -0.2) is 4.79 Å². The van der Waals surface area contributed by atoms with E-state index in [1.165, 1.54) is 27.0 Å². The smallest absolute Gasteiger partial charge is 0.344 e. The van der Waals surface area contributed by atoms with Crippen LogP contribution in [0.15, 0.2) is 42.5 Å². The number of Topliss-reactive ketones (excluding diaryl/α,β-unsaturated/α-hetero) is 1. The highest BCUT2D eigenvalue weighted by atomic mass is 35.5. The molecule has 0 unspecified atom stereocenters. The first kappa shape index (κ1) is 21.2. The van der Waals surface area contributed by atoms with Crippen molar-refractivity contribution in [1.82, 2.24) is 0 Å². The van der Waals surface area contributed by atoms with Crippen LogP contribution < -0.4 is 14.8 Å². The molecule has 0 spiro atoms. The van der Waals surface area contributed by atoms with Crippen LogP contribution in [-0.2, 0) is 14.3 Å². The minimum atomic E-state index is -1.06. The Balaban J connectivity index is 1.86. The number of hydrogen-bond donors (Lipinski definition) is 1. The minimum Gasteiger partial charge on any atom is -0.495 e. The predicted molar refractivity (Wildman–Crippen MR) is 104 cm³/mol. The average Bonchev–Trinajstić information content (AvgIpc) is 2.66. The topological polar surface area (TPSA) is 90.9 Å². The van der Waals surface area contributed by atoms with Crippen LogP contribution in [0.3, 0.4) is 0 Å². The van der Waals surface area contributed by atoms with E-state index in [0.29, 0.717) is 27.8 Å². The monoisotopic (exact) mass is 405 g/mol. The summed E-state index contributed by atoms with van der Waals surface area (Å²) in [5, 5.41) is 3.02. The van der Waals surface area contributed by atoms with Gasteiger partial charge in [0.15, 0.2) is 18.5 Å². The Morgan fingerprint density at radius 3 is 2.39 bits per heavy atom. The van der Waals surface area contributed by atoms with Crippen molar-refractivity contribution in [2.24, 2.45) is 0 Å². The van der Waals surface area contributed by atoms with Crippen LogP contribution in [-0.4, -0.2) is 37.5 Å². The molecule has 1 atom stereocenters. The molecule has 2 aromatic carbocycles. The van der Waals surface area contributed by atoms with Gasteiger partial charge < -0.3 is 19.5 Å². The van der Waals surface area contributed by atoms with Crippen LogP contribution in [0, 0.1) is 0 Å². The first-order chi connectivity index (χ1) is 13.3. The summed E-state index contributed by atoms with van der Waals surface area (Å²) in [7, 11) is 1.46. The molecule has 1 N–H and O–H groups in total. The molecule has 28 heavy (non-hydrogen) atoms. The van der Waals surface area contributed by atoms with Gasteiger partial charge in [0.25, 0.3) is 5.91 Å². The third-order valence-electron chi connectivity index (χ3n) is 3.71. The Morgan fingerprint density at radius 2 is 1.79 bits per heavy atom. The Bertz CT molecular complexity index is 865. The summed E-state index contributed by atoms with van der Waals surface area (Å²) in [6.45, 7) is 2.52. The number of hydrogen-bond acceptors (Lipinski definition) is 6. The standard InChI is InChI=1S/C20H20ClNO6/c1-12(23)14-4-7-16(8-5-14)27-11-19(24)28-13(2)20(25)22-17-10-15(21)6-9-18(17)26-3/h4-10,13H,11H2,1-3H3,(H,22,25)/t13-/m1/s1. The number of halogens is 1. The van der Waals surface area contributed by atoms with Gasteiger partial charge in [0.1, 0.15) is 11.5 Å². The number of amides is 1. The van der Waals surface area contributed by atoms with E-state index in [0.717, 1.165) is 0 Å². The molecule has 148 valence electrons. The normalized spacial score (nSPS) is 11.3. The van der Waals surface area contributed by atoms with E-state index in [4.69, 9.17) is 25.8 Å². The average molecular weight is 406 g/mol. The first-order valence-corrected chi connectivity index (χ1v) is 8.75. The van der Waals surface area contributed by atoms with Crippen LogP contribution in [0.25, 0.3) is 0 Å². The zero-order valence-electron chi connectivity index (χ0n) is 15.7. The molecule has 0 aromatic heterocycles. The SMILES string of the molecule is COc1ccc(Cl)cc1NC(=O)[C@@H](C)OC(=O)COc1ccc(C(C)=O)cc1. The van der Waals surface area contributed by atoms with Crippen LogP contribution in [0.1, 0.15) is 24.2 Å². The number of nitrogens with one attached hydrogen (secondary N) is 1. The number of esters is 1. The molecule has 0 aliphatic heterocycles. The van der Waals surface area contributed by atoms with Gasteiger partial charge in [-0.2, -0.15) is 0 Å². The largest absolute Gasteiger partial charge is 0.495 e. The highest BCUT2D eigenvalue weighted by Gasteiger charge is 2.20. The molecular formula is C20H20ClNO6. The second kappa shape index (κ2) is 9.75. The van der Waals surface area contributed by atoms with Gasteiger partial charge in [0.2, 0.25) is 0 Å². The number of ether oxygens (including phenoxy) is 3. The Morgan fingerprint density at radius 1 is 1.11 bits per heavy atom. The lowest BCUT2D eigenvalue weighted by molar-refractivity contribution is -0.155. The second-order valence-corrected chi connectivity index (χ2v) is 6.27. The molecule has 7 nitrogen and oxygen atoms in total. The molecule has 8 heteroatoms. The van der Waals surface area contributed by atoms with Crippen LogP contribution in [0.2, 0.25) is 5.02 Å². The van der Waals surface area contributed by atoms with Gasteiger partial charge in [-0.3, -0.25) is 9.59 Å². The molecule has 0 aliphatic carbocycles. The fraction of sp³-hybridized carbons (Fsp3) is 0.250. The van der Waals surface area contributed by atoms with Crippen LogP contribution in [0.4, 0.5) is 5.69 Å². The maximum absolute atomic E-state index is 12.2. The fourth-order valence-corrected chi connectivity index (χ4v) is 2.40. The molecule has 0 fully saturated rings. The number of rotatable bonds is 8. The molecule has 0 aliphatic rings. The molecule has 1 amide bonds. The number of carbonyl (C=O) groups is 3. The van der Waals surface area contributed by atoms with Crippen LogP contribution in [0.5, 0.6) is 11.5 Å². The van der Waals surface area contributed by atoms with E-state index in [9.17, 15) is 14.4 Å². The zero-order chi connectivity index (χ0) is 20.7. The molecule has 0 bridgehead atoms. The first-order valence-electron chi connectivity index (χ1n) is 8.38. The summed E-state index contributed by atoms with van der Waals surface area (Å²) >= 11 is 5.92. The van der Waals surface area contributed by atoms with E-state index in [1.54, 1.807) is 36.4 Å². The molecule has 0 radical (unpaired) electrons. The quantitative estimate of drug-likeness (QED) is 0.534. The molecule has 0 heterocycles. The molecule has 2 aromatic rings. The van der Waals surface area contributed by atoms with E-state index in [2.05, 4.69) is 5.32 Å². The number of methoxy groups -OCH3 is 1. The van der Waals surface area contributed by atoms with E-state index >= 15 is 0 Å². The van der Waals surface area contributed by atoms with Crippen molar-refractivity contribution in [2.75, 3.05) is 19.0 Å². The summed E-state index contributed by atoms with van der Waals surface area (Å²) in [6, 6.07) is 11.1. The summed E-state index contributed by atoms with van der Waals surface area (Å²) in [5.74, 6) is -0.491. The zero-order valence-corrected chi connectivity index (χ0v) is 16.4. The van der Waals surface area contributed by atoms with Gasteiger partial charge in [-0.1, -0.05) is 11.6 Å². The Hall–Kier alpha value is -3.06. The minimum absolute atomic E-state index is 0.0675. The van der Waals surface area contributed by atoms with Crippen molar-refractivity contribution in [3.8, 4) is 11.5 Å². The number of anilines is 1. The second-order valence-electron chi connectivity index (χ2n) is 5.84. The van der Waals surface area contributed by atoms with Crippen molar-refractivity contribution in [3.63, 3.8) is 0 Å². The van der Waals surface area contributed by atoms with E-state index in [-0.39, 0.29) is 12.4 Å². The number of benzene rings is 2. The van der Waals surface area contributed by atoms with Gasteiger partial charge >= 0.3 is 5.97 Å². The highest BCUT2D eigenvalue weighted by Crippen LogP contribution is 2.27. The lowest BCUT2D eigenvalue weighted by Gasteiger charge is -2.15. The van der Waals surface area contributed by atoms with Crippen molar-refractivity contribution >= 4 is 34.9 Å². The third-order valence-corrected chi connectivity index (χ3v) is 3.95. The summed E-state index contributed by atoms with van der Waals surface area (Å²) in [4.78, 5) is 35.4. The predicted octanol–water partition coefficient (Wildman–Crippen LogP) is 3.50. The van der Waals surface area contributed by atoms with E-state index in [1.807, 2.05) is 0 Å². The van der Waals surface area contributed by atoms with Gasteiger partial charge in [0, 0.05) is 10.6 Å². The van der Waals surface area contributed by atoms with Crippen LogP contribution >= 0.6 is 11.6 Å². The Labute approximate surface area is 167 Å². The maximum Gasteiger partial charge on any atom is 0.344 e. The molecule has 0 saturated heterocycles. The van der Waals surface area contributed by atoms with Crippen molar-refractivity contribution < 1.29 is 28.6 Å². The molecule has 2 rings (SSSR count). The van der Waals surface area contributed by atoms with Crippen molar-refractivity contribution in [2.45, 2.75) is 20.0 Å². The third kappa shape index (κ3) is 5.99. The maximum atomic E-state index is 12.2. The summed E-state index contributed by atoms with van der Waals surface area (Å²) in [5.41, 5.74) is 0.904. The summed E-state index contributed by atoms with van der Waals surface area (Å²) in [6.07, 6.45) is -1.06. The molecule has 0 saturated carbocycles. The summed E-state index contributed by atoms with van der Waals surface area (Å²) < 4.78 is 15.5. The lowest BCUT2D eigenvalue weighted by Crippen LogP contribution is -2.31.